The molecular formula is C11H6ClFN2O4. The molecule has 0 aliphatic carbocycles. The first kappa shape index (κ1) is 13.0. The van der Waals surface area contributed by atoms with E-state index in [9.17, 15) is 18.8 Å². The highest BCUT2D eigenvalue weighted by Crippen LogP contribution is 2.21. The maximum atomic E-state index is 13.7. The van der Waals surface area contributed by atoms with Crippen molar-refractivity contribution in [3.05, 3.63) is 61.6 Å². The summed E-state index contributed by atoms with van der Waals surface area (Å²) in [6, 6.07) is 3.72. The zero-order valence-electron chi connectivity index (χ0n) is 9.18. The highest BCUT2D eigenvalue weighted by molar-refractivity contribution is 6.32. The van der Waals surface area contributed by atoms with Gasteiger partial charge in [0, 0.05) is 6.20 Å². The maximum absolute atomic E-state index is 13.7. The minimum Gasteiger partial charge on any atom is -0.477 e. The van der Waals surface area contributed by atoms with Crippen LogP contribution in [-0.4, -0.2) is 20.6 Å². The number of aromatic amines is 1. The van der Waals surface area contributed by atoms with Crippen molar-refractivity contribution in [2.45, 2.75) is 0 Å². The van der Waals surface area contributed by atoms with Gasteiger partial charge in [-0.3, -0.25) is 14.3 Å². The number of carbonyl (C=O) groups is 1. The maximum Gasteiger partial charge on any atom is 0.342 e. The molecule has 0 saturated carbocycles. The van der Waals surface area contributed by atoms with Crippen molar-refractivity contribution in [2.75, 3.05) is 0 Å². The Labute approximate surface area is 109 Å². The third kappa shape index (κ3) is 2.27. The molecule has 19 heavy (non-hydrogen) atoms. The Morgan fingerprint density at radius 1 is 1.37 bits per heavy atom. The van der Waals surface area contributed by atoms with Gasteiger partial charge in [-0.25, -0.2) is 14.0 Å². The molecule has 0 unspecified atom stereocenters. The van der Waals surface area contributed by atoms with E-state index >= 15 is 0 Å². The van der Waals surface area contributed by atoms with Crippen molar-refractivity contribution in [1.29, 1.82) is 0 Å². The van der Waals surface area contributed by atoms with Gasteiger partial charge in [0.05, 0.1) is 5.02 Å². The molecule has 1 heterocycles. The second kappa shape index (κ2) is 4.69. The van der Waals surface area contributed by atoms with Crippen molar-refractivity contribution >= 4 is 17.6 Å². The minimum absolute atomic E-state index is 0.0921. The van der Waals surface area contributed by atoms with E-state index in [0.29, 0.717) is 4.57 Å². The Morgan fingerprint density at radius 2 is 2.05 bits per heavy atom. The van der Waals surface area contributed by atoms with Gasteiger partial charge in [0.2, 0.25) is 0 Å². The van der Waals surface area contributed by atoms with Crippen LogP contribution in [0.15, 0.2) is 34.0 Å². The van der Waals surface area contributed by atoms with Crippen LogP contribution in [0.2, 0.25) is 5.02 Å². The highest BCUT2D eigenvalue weighted by atomic mass is 35.5. The molecule has 2 N–H and O–H groups in total. The third-order valence-corrected chi connectivity index (χ3v) is 2.66. The van der Waals surface area contributed by atoms with Crippen molar-refractivity contribution < 1.29 is 14.3 Å². The number of aromatic carboxylic acids is 1. The molecule has 2 aromatic rings. The van der Waals surface area contributed by atoms with Crippen molar-refractivity contribution in [3.63, 3.8) is 0 Å². The quantitative estimate of drug-likeness (QED) is 0.861. The SMILES string of the molecule is O=C(O)c1cn(-c2c(F)cccc2Cl)c(=O)[nH]c1=O. The van der Waals surface area contributed by atoms with E-state index in [1.165, 1.54) is 12.1 Å². The average Bonchev–Trinajstić information content (AvgIpc) is 2.30. The molecule has 1 aromatic carbocycles. The molecule has 0 aliphatic heterocycles. The molecule has 98 valence electrons. The molecule has 0 spiro atoms. The Balaban J connectivity index is 2.84. The van der Waals surface area contributed by atoms with E-state index in [4.69, 9.17) is 16.7 Å². The standard InChI is InChI=1S/C11H6ClFN2O4/c12-6-2-1-3-7(13)8(6)15-4-5(10(17)18)9(16)14-11(15)19/h1-4H,(H,17,18)(H,14,16,19). The molecule has 0 fully saturated rings. The smallest absolute Gasteiger partial charge is 0.342 e. The van der Waals surface area contributed by atoms with Gasteiger partial charge in [-0.05, 0) is 12.1 Å². The molecule has 0 radical (unpaired) electrons. The summed E-state index contributed by atoms with van der Waals surface area (Å²) in [7, 11) is 0. The number of carboxylic acids is 1. The zero-order valence-corrected chi connectivity index (χ0v) is 9.94. The Hall–Kier alpha value is -2.41. The van der Waals surface area contributed by atoms with E-state index < -0.39 is 28.6 Å². The molecule has 0 amide bonds. The highest BCUT2D eigenvalue weighted by Gasteiger charge is 2.16. The lowest BCUT2D eigenvalue weighted by atomic mass is 10.3. The molecule has 8 heteroatoms. The van der Waals surface area contributed by atoms with Crippen LogP contribution in [0.1, 0.15) is 10.4 Å². The predicted molar refractivity (Wildman–Crippen MR) is 64.6 cm³/mol. The van der Waals surface area contributed by atoms with Crippen LogP contribution in [0.5, 0.6) is 0 Å². The molecule has 0 atom stereocenters. The molecule has 1 aromatic heterocycles. The monoisotopic (exact) mass is 284 g/mol. The summed E-state index contributed by atoms with van der Waals surface area (Å²) in [5.41, 5.74) is -3.07. The molecule has 2 rings (SSSR count). The number of aromatic nitrogens is 2. The Kier molecular flexibility index (Phi) is 3.22. The summed E-state index contributed by atoms with van der Waals surface area (Å²) in [5.74, 6) is -2.36. The van der Waals surface area contributed by atoms with Crippen LogP contribution in [0.3, 0.4) is 0 Å². The summed E-state index contributed by atoms with van der Waals surface area (Å²) in [6.07, 6.45) is 0.730. The molecule has 6 nitrogen and oxygen atoms in total. The first-order chi connectivity index (χ1) is 8.91. The summed E-state index contributed by atoms with van der Waals surface area (Å²) < 4.78 is 14.3. The molecule has 0 bridgehead atoms. The number of rotatable bonds is 2. The van der Waals surface area contributed by atoms with Gasteiger partial charge in [0.1, 0.15) is 17.1 Å². The summed E-state index contributed by atoms with van der Waals surface area (Å²) in [5, 5.41) is 8.71. The van der Waals surface area contributed by atoms with Crippen LogP contribution >= 0.6 is 11.6 Å². The molecule has 0 aliphatic rings. The van der Waals surface area contributed by atoms with Crippen LogP contribution in [0.4, 0.5) is 4.39 Å². The Morgan fingerprint density at radius 3 is 2.63 bits per heavy atom. The summed E-state index contributed by atoms with van der Waals surface area (Å²) in [4.78, 5) is 35.5. The van der Waals surface area contributed by atoms with Crippen molar-refractivity contribution in [3.8, 4) is 5.69 Å². The predicted octanol–water partition coefficient (Wildman–Crippen LogP) is 1.02. The second-order valence-corrected chi connectivity index (χ2v) is 3.95. The number of H-pyrrole nitrogens is 1. The number of nitrogens with zero attached hydrogens (tertiary/aromatic N) is 1. The lowest BCUT2D eigenvalue weighted by Gasteiger charge is -2.08. The van der Waals surface area contributed by atoms with Gasteiger partial charge in [0.25, 0.3) is 5.56 Å². The van der Waals surface area contributed by atoms with Crippen LogP contribution < -0.4 is 11.2 Å². The van der Waals surface area contributed by atoms with E-state index in [1.54, 1.807) is 4.98 Å². The number of halogens is 2. The first-order valence-electron chi connectivity index (χ1n) is 4.95. The lowest BCUT2D eigenvalue weighted by molar-refractivity contribution is 0.0694. The van der Waals surface area contributed by atoms with Crippen molar-refractivity contribution in [1.82, 2.24) is 9.55 Å². The molecular weight excluding hydrogens is 279 g/mol. The van der Waals surface area contributed by atoms with E-state index in [2.05, 4.69) is 0 Å². The van der Waals surface area contributed by atoms with Crippen LogP contribution in [0, 0.1) is 5.82 Å². The first-order valence-corrected chi connectivity index (χ1v) is 5.33. The topological polar surface area (TPSA) is 92.2 Å². The van der Waals surface area contributed by atoms with E-state index in [-0.39, 0.29) is 10.7 Å². The third-order valence-electron chi connectivity index (χ3n) is 2.35. The Bertz CT molecular complexity index is 761. The summed E-state index contributed by atoms with van der Waals surface area (Å²) >= 11 is 5.77. The van der Waals surface area contributed by atoms with Crippen LogP contribution in [-0.2, 0) is 0 Å². The summed E-state index contributed by atoms with van der Waals surface area (Å²) in [6.45, 7) is 0. The van der Waals surface area contributed by atoms with Gasteiger partial charge in [-0.1, -0.05) is 17.7 Å². The van der Waals surface area contributed by atoms with Crippen LogP contribution in [0.25, 0.3) is 5.69 Å². The van der Waals surface area contributed by atoms with Gasteiger partial charge in [-0.2, -0.15) is 0 Å². The lowest BCUT2D eigenvalue weighted by Crippen LogP contribution is -2.33. The van der Waals surface area contributed by atoms with Crippen molar-refractivity contribution in [2.24, 2.45) is 0 Å². The number of benzene rings is 1. The zero-order chi connectivity index (χ0) is 14.2. The number of nitrogens with one attached hydrogen (secondary N) is 1. The molecule has 0 saturated heterocycles. The number of carboxylic acid groups (broad SMARTS) is 1. The fraction of sp³-hybridized carbons (Fsp3) is 0. The number of hydrogen-bond acceptors (Lipinski definition) is 3. The van der Waals surface area contributed by atoms with E-state index in [1.807, 2.05) is 0 Å². The average molecular weight is 285 g/mol. The van der Waals surface area contributed by atoms with Gasteiger partial charge in [-0.15, -0.1) is 0 Å². The number of para-hydroxylation sites is 1. The second-order valence-electron chi connectivity index (χ2n) is 3.55. The minimum atomic E-state index is -1.54. The fourth-order valence-corrected chi connectivity index (χ4v) is 1.76. The fourth-order valence-electron chi connectivity index (χ4n) is 1.51. The largest absolute Gasteiger partial charge is 0.477 e. The van der Waals surface area contributed by atoms with Gasteiger partial charge < -0.3 is 5.11 Å². The van der Waals surface area contributed by atoms with Gasteiger partial charge >= 0.3 is 11.7 Å². The van der Waals surface area contributed by atoms with Gasteiger partial charge in [0.15, 0.2) is 0 Å². The normalized spacial score (nSPS) is 10.4. The van der Waals surface area contributed by atoms with E-state index in [0.717, 1.165) is 12.3 Å². The number of hydrogen-bond donors (Lipinski definition) is 2.